The smallest absolute Gasteiger partial charge is 0.253 e. The van der Waals surface area contributed by atoms with Gasteiger partial charge in [-0.05, 0) is 43.5 Å². The maximum atomic E-state index is 13.1. The quantitative estimate of drug-likeness (QED) is 0.710. The summed E-state index contributed by atoms with van der Waals surface area (Å²) in [5, 5.41) is 4.16. The summed E-state index contributed by atoms with van der Waals surface area (Å²) in [4.78, 5) is 16.4. The van der Waals surface area contributed by atoms with Crippen LogP contribution in [0.5, 0.6) is 11.5 Å². The third-order valence-electron chi connectivity index (χ3n) is 6.14. The molecule has 6 heteroatoms. The van der Waals surface area contributed by atoms with Gasteiger partial charge in [-0.1, -0.05) is 24.3 Å². The molecule has 3 heterocycles. The SMILES string of the molecule is Cc1[nH]c2ccccc2c1C(=O)NCC1(c2ccc3c(c2)OCO3)CCOCC1. The number of fused-ring (bicyclic) bond motifs is 2. The van der Waals surface area contributed by atoms with Gasteiger partial charge in [-0.3, -0.25) is 4.79 Å². The van der Waals surface area contributed by atoms with Gasteiger partial charge in [0.05, 0.1) is 5.56 Å². The second kappa shape index (κ2) is 7.12. The number of rotatable bonds is 4. The summed E-state index contributed by atoms with van der Waals surface area (Å²) in [7, 11) is 0. The van der Waals surface area contributed by atoms with Crippen molar-refractivity contribution in [2.45, 2.75) is 25.2 Å². The van der Waals surface area contributed by atoms with Gasteiger partial charge in [-0.15, -0.1) is 0 Å². The molecule has 0 bridgehead atoms. The lowest BCUT2D eigenvalue weighted by atomic mass is 9.74. The van der Waals surface area contributed by atoms with Crippen LogP contribution in [0.25, 0.3) is 10.9 Å². The number of carbonyl (C=O) groups is 1. The molecule has 29 heavy (non-hydrogen) atoms. The molecule has 0 aliphatic carbocycles. The van der Waals surface area contributed by atoms with Gasteiger partial charge < -0.3 is 24.5 Å². The lowest BCUT2D eigenvalue weighted by molar-refractivity contribution is 0.0486. The van der Waals surface area contributed by atoms with E-state index in [1.807, 2.05) is 37.3 Å². The monoisotopic (exact) mass is 392 g/mol. The molecule has 1 aromatic heterocycles. The minimum atomic E-state index is -0.186. The Morgan fingerprint density at radius 3 is 2.76 bits per heavy atom. The van der Waals surface area contributed by atoms with E-state index in [2.05, 4.69) is 22.4 Å². The predicted octanol–water partition coefficient (Wildman–Crippen LogP) is 3.68. The number of aromatic nitrogens is 1. The van der Waals surface area contributed by atoms with Crippen molar-refractivity contribution >= 4 is 16.8 Å². The van der Waals surface area contributed by atoms with Crippen molar-refractivity contribution in [2.24, 2.45) is 0 Å². The number of aryl methyl sites for hydroxylation is 1. The highest BCUT2D eigenvalue weighted by atomic mass is 16.7. The largest absolute Gasteiger partial charge is 0.454 e. The second-order valence-corrected chi connectivity index (χ2v) is 7.81. The van der Waals surface area contributed by atoms with Crippen LogP contribution >= 0.6 is 0 Å². The van der Waals surface area contributed by atoms with Crippen molar-refractivity contribution in [1.82, 2.24) is 10.3 Å². The number of para-hydroxylation sites is 1. The van der Waals surface area contributed by atoms with Gasteiger partial charge in [0, 0.05) is 41.8 Å². The molecule has 0 saturated carbocycles. The Labute approximate surface area is 169 Å². The average molecular weight is 392 g/mol. The molecule has 0 spiro atoms. The average Bonchev–Trinajstić information content (AvgIpc) is 3.35. The number of aromatic amines is 1. The minimum Gasteiger partial charge on any atom is -0.454 e. The van der Waals surface area contributed by atoms with E-state index in [9.17, 15) is 4.79 Å². The highest BCUT2D eigenvalue weighted by molar-refractivity contribution is 6.08. The Morgan fingerprint density at radius 1 is 1.10 bits per heavy atom. The maximum absolute atomic E-state index is 13.1. The molecule has 150 valence electrons. The first-order chi connectivity index (χ1) is 14.2. The molecule has 0 atom stereocenters. The third kappa shape index (κ3) is 3.13. The summed E-state index contributed by atoms with van der Waals surface area (Å²) in [5.41, 5.74) is 3.54. The number of ether oxygens (including phenoxy) is 3. The van der Waals surface area contributed by atoms with E-state index in [1.54, 1.807) is 0 Å². The van der Waals surface area contributed by atoms with E-state index >= 15 is 0 Å². The fraction of sp³-hybridized carbons (Fsp3) is 0.348. The van der Waals surface area contributed by atoms with Crippen LogP contribution in [0.2, 0.25) is 0 Å². The summed E-state index contributed by atoms with van der Waals surface area (Å²) >= 11 is 0. The van der Waals surface area contributed by atoms with Gasteiger partial charge in [0.15, 0.2) is 11.5 Å². The van der Waals surface area contributed by atoms with Crippen LogP contribution in [0.3, 0.4) is 0 Å². The molecule has 2 aromatic carbocycles. The van der Waals surface area contributed by atoms with E-state index in [-0.39, 0.29) is 18.1 Å². The van der Waals surface area contributed by atoms with Crippen LogP contribution < -0.4 is 14.8 Å². The Balaban J connectivity index is 1.43. The normalized spacial score (nSPS) is 17.4. The maximum Gasteiger partial charge on any atom is 0.253 e. The lowest BCUT2D eigenvalue weighted by Crippen LogP contribution is -2.44. The van der Waals surface area contributed by atoms with Crippen molar-refractivity contribution in [1.29, 1.82) is 0 Å². The number of H-pyrrole nitrogens is 1. The first-order valence-corrected chi connectivity index (χ1v) is 10.00. The lowest BCUT2D eigenvalue weighted by Gasteiger charge is -2.38. The minimum absolute atomic E-state index is 0.0495. The number of hydrogen-bond donors (Lipinski definition) is 2. The molecular weight excluding hydrogens is 368 g/mol. The number of hydrogen-bond acceptors (Lipinski definition) is 4. The van der Waals surface area contributed by atoms with Gasteiger partial charge >= 0.3 is 0 Å². The van der Waals surface area contributed by atoms with Crippen molar-refractivity contribution < 1.29 is 19.0 Å². The van der Waals surface area contributed by atoms with Gasteiger partial charge in [-0.25, -0.2) is 0 Å². The highest BCUT2D eigenvalue weighted by Gasteiger charge is 2.36. The summed E-state index contributed by atoms with van der Waals surface area (Å²) in [6.45, 7) is 4.10. The summed E-state index contributed by atoms with van der Waals surface area (Å²) in [5.74, 6) is 1.49. The molecule has 0 unspecified atom stereocenters. The molecule has 1 fully saturated rings. The zero-order valence-corrected chi connectivity index (χ0v) is 16.4. The van der Waals surface area contributed by atoms with Crippen molar-refractivity contribution in [2.75, 3.05) is 26.6 Å². The number of amides is 1. The third-order valence-corrected chi connectivity index (χ3v) is 6.14. The van der Waals surface area contributed by atoms with Crippen molar-refractivity contribution in [3.8, 4) is 11.5 Å². The Kier molecular flexibility index (Phi) is 4.43. The van der Waals surface area contributed by atoms with Crippen LogP contribution in [0.15, 0.2) is 42.5 Å². The molecule has 2 aliphatic rings. The molecular formula is C23H24N2O4. The first-order valence-electron chi connectivity index (χ1n) is 10.00. The van der Waals surface area contributed by atoms with Crippen LogP contribution in [0, 0.1) is 6.92 Å². The Hall–Kier alpha value is -2.99. The zero-order valence-electron chi connectivity index (χ0n) is 16.4. The topological polar surface area (TPSA) is 72.6 Å². The Morgan fingerprint density at radius 2 is 1.90 bits per heavy atom. The van der Waals surface area contributed by atoms with Crippen LogP contribution in [0.1, 0.15) is 34.5 Å². The van der Waals surface area contributed by atoms with Crippen molar-refractivity contribution in [3.05, 3.63) is 59.3 Å². The Bertz CT molecular complexity index is 1070. The molecule has 1 amide bonds. The van der Waals surface area contributed by atoms with Crippen LogP contribution in [0.4, 0.5) is 0 Å². The van der Waals surface area contributed by atoms with Gasteiger partial charge in [0.25, 0.3) is 5.91 Å². The highest BCUT2D eigenvalue weighted by Crippen LogP contribution is 2.40. The van der Waals surface area contributed by atoms with Gasteiger partial charge in [-0.2, -0.15) is 0 Å². The van der Waals surface area contributed by atoms with E-state index in [4.69, 9.17) is 14.2 Å². The first kappa shape index (κ1) is 18.1. The molecule has 6 nitrogen and oxygen atoms in total. The van der Waals surface area contributed by atoms with E-state index in [1.165, 1.54) is 0 Å². The van der Waals surface area contributed by atoms with E-state index in [0.29, 0.717) is 25.3 Å². The van der Waals surface area contributed by atoms with Gasteiger partial charge in [0.2, 0.25) is 6.79 Å². The number of nitrogens with one attached hydrogen (secondary N) is 2. The van der Waals surface area contributed by atoms with E-state index in [0.717, 1.165) is 46.5 Å². The summed E-state index contributed by atoms with van der Waals surface area (Å²) in [6.07, 6.45) is 1.69. The standard InChI is InChI=1S/C23H24N2O4/c1-15-21(17-4-2-3-5-18(17)25-15)22(26)24-13-23(8-10-27-11-9-23)16-6-7-19-20(12-16)29-14-28-19/h2-7,12,25H,8-11,13-14H2,1H3,(H,24,26). The van der Waals surface area contributed by atoms with E-state index < -0.39 is 0 Å². The molecule has 1 saturated heterocycles. The fourth-order valence-electron chi connectivity index (χ4n) is 4.46. The molecule has 2 N–H and O–H groups in total. The number of carbonyl (C=O) groups excluding carboxylic acids is 1. The molecule has 5 rings (SSSR count). The van der Waals surface area contributed by atoms with Gasteiger partial charge in [0.1, 0.15) is 0 Å². The molecule has 3 aromatic rings. The fourth-order valence-corrected chi connectivity index (χ4v) is 4.46. The zero-order chi connectivity index (χ0) is 19.8. The molecule has 2 aliphatic heterocycles. The molecule has 0 radical (unpaired) electrons. The number of benzene rings is 2. The second-order valence-electron chi connectivity index (χ2n) is 7.81. The van der Waals surface area contributed by atoms with Crippen molar-refractivity contribution in [3.63, 3.8) is 0 Å². The van der Waals surface area contributed by atoms with Crippen LogP contribution in [-0.4, -0.2) is 37.4 Å². The summed E-state index contributed by atoms with van der Waals surface area (Å²) in [6, 6.07) is 14.0. The summed E-state index contributed by atoms with van der Waals surface area (Å²) < 4.78 is 16.7. The van der Waals surface area contributed by atoms with Crippen LogP contribution in [-0.2, 0) is 10.2 Å². The predicted molar refractivity (Wildman–Crippen MR) is 110 cm³/mol.